The molecule has 0 aliphatic heterocycles. The largest absolute Gasteiger partial charge is 0.492 e. The number of para-hydroxylation sites is 2. The summed E-state index contributed by atoms with van der Waals surface area (Å²) in [6.45, 7) is 2.54. The Balaban J connectivity index is 1.94. The zero-order chi connectivity index (χ0) is 15.9. The predicted molar refractivity (Wildman–Crippen MR) is 91.2 cm³/mol. The zero-order valence-corrected chi connectivity index (χ0v) is 13.5. The molecule has 0 atom stereocenters. The number of anilines is 2. The lowest BCUT2D eigenvalue weighted by molar-refractivity contribution is -0.114. The van der Waals surface area contributed by atoms with E-state index < -0.39 is 0 Å². The highest BCUT2D eigenvalue weighted by Crippen LogP contribution is 2.25. The molecular formula is C16H16Cl2N2O2. The molecule has 0 heterocycles. The molecule has 2 aromatic carbocycles. The van der Waals surface area contributed by atoms with E-state index in [0.29, 0.717) is 28.1 Å². The first-order valence-corrected chi connectivity index (χ1v) is 7.56. The van der Waals surface area contributed by atoms with E-state index in [-0.39, 0.29) is 12.5 Å². The molecule has 2 aromatic rings. The number of carbonyl (C=O) groups excluding carboxylic acids is 1. The van der Waals surface area contributed by atoms with Crippen LogP contribution >= 0.6 is 23.2 Å². The molecule has 0 saturated heterocycles. The van der Waals surface area contributed by atoms with Gasteiger partial charge in [-0.05, 0) is 37.3 Å². The molecule has 0 aliphatic rings. The summed E-state index contributed by atoms with van der Waals surface area (Å²) in [5.41, 5.74) is 1.37. The van der Waals surface area contributed by atoms with Crippen LogP contribution in [0.1, 0.15) is 6.92 Å². The molecule has 6 heteroatoms. The summed E-state index contributed by atoms with van der Waals surface area (Å²) in [6.07, 6.45) is 0. The van der Waals surface area contributed by atoms with Crippen LogP contribution in [-0.2, 0) is 4.79 Å². The highest BCUT2D eigenvalue weighted by Gasteiger charge is 2.07. The fraction of sp³-hybridized carbons (Fsp3) is 0.188. The average Bonchev–Trinajstić information content (AvgIpc) is 2.51. The molecule has 1 amide bonds. The second-order valence-corrected chi connectivity index (χ2v) is 5.27. The molecule has 2 rings (SSSR count). The SMILES string of the molecule is CCOc1ccccc1NC(=O)CNc1ccc(Cl)c(Cl)c1. The third kappa shape index (κ3) is 4.55. The second-order valence-electron chi connectivity index (χ2n) is 4.46. The number of rotatable bonds is 6. The first-order valence-electron chi connectivity index (χ1n) is 6.80. The molecule has 0 aromatic heterocycles. The van der Waals surface area contributed by atoms with Gasteiger partial charge in [0.05, 0.1) is 28.9 Å². The lowest BCUT2D eigenvalue weighted by atomic mass is 10.3. The smallest absolute Gasteiger partial charge is 0.243 e. The molecule has 0 unspecified atom stereocenters. The van der Waals surface area contributed by atoms with Crippen LogP contribution in [0.2, 0.25) is 10.0 Å². The van der Waals surface area contributed by atoms with Crippen LogP contribution in [0, 0.1) is 0 Å². The van der Waals surface area contributed by atoms with E-state index in [4.69, 9.17) is 27.9 Å². The number of hydrogen-bond donors (Lipinski definition) is 2. The van der Waals surface area contributed by atoms with Gasteiger partial charge in [-0.1, -0.05) is 35.3 Å². The zero-order valence-electron chi connectivity index (χ0n) is 12.0. The summed E-state index contributed by atoms with van der Waals surface area (Å²) in [5.74, 6) is 0.464. The number of nitrogens with one attached hydrogen (secondary N) is 2. The number of halogens is 2. The van der Waals surface area contributed by atoms with Gasteiger partial charge in [-0.25, -0.2) is 0 Å². The van der Waals surface area contributed by atoms with Gasteiger partial charge in [0.1, 0.15) is 5.75 Å². The molecule has 22 heavy (non-hydrogen) atoms. The first kappa shape index (κ1) is 16.5. The first-order chi connectivity index (χ1) is 10.6. The Morgan fingerprint density at radius 2 is 1.91 bits per heavy atom. The number of ether oxygens (including phenoxy) is 1. The molecule has 0 fully saturated rings. The fourth-order valence-corrected chi connectivity index (χ4v) is 2.13. The summed E-state index contributed by atoms with van der Waals surface area (Å²) < 4.78 is 5.46. The predicted octanol–water partition coefficient (Wildman–Crippen LogP) is 4.44. The maximum atomic E-state index is 12.0. The Morgan fingerprint density at radius 3 is 2.64 bits per heavy atom. The lowest BCUT2D eigenvalue weighted by Gasteiger charge is -2.12. The number of amides is 1. The van der Waals surface area contributed by atoms with Crippen molar-refractivity contribution < 1.29 is 9.53 Å². The minimum Gasteiger partial charge on any atom is -0.492 e. The van der Waals surface area contributed by atoms with Crippen LogP contribution in [0.4, 0.5) is 11.4 Å². The summed E-state index contributed by atoms with van der Waals surface area (Å²) >= 11 is 11.8. The molecule has 0 saturated carbocycles. The highest BCUT2D eigenvalue weighted by molar-refractivity contribution is 6.42. The number of hydrogen-bond acceptors (Lipinski definition) is 3. The van der Waals surface area contributed by atoms with Crippen molar-refractivity contribution in [2.45, 2.75) is 6.92 Å². The monoisotopic (exact) mass is 338 g/mol. The highest BCUT2D eigenvalue weighted by atomic mass is 35.5. The normalized spacial score (nSPS) is 10.1. The summed E-state index contributed by atoms with van der Waals surface area (Å²) in [7, 11) is 0. The standard InChI is InChI=1S/C16H16Cl2N2O2/c1-2-22-15-6-4-3-5-14(15)20-16(21)10-19-11-7-8-12(17)13(18)9-11/h3-9,19H,2,10H2,1H3,(H,20,21). The Bertz CT molecular complexity index is 662. The van der Waals surface area contributed by atoms with Crippen molar-refractivity contribution in [3.05, 3.63) is 52.5 Å². The quantitative estimate of drug-likeness (QED) is 0.818. The number of benzene rings is 2. The van der Waals surface area contributed by atoms with Gasteiger partial charge in [0, 0.05) is 5.69 Å². The van der Waals surface area contributed by atoms with Crippen molar-refractivity contribution in [2.75, 3.05) is 23.8 Å². The van der Waals surface area contributed by atoms with E-state index in [1.807, 2.05) is 25.1 Å². The second kappa shape index (κ2) is 7.92. The Hall–Kier alpha value is -1.91. The number of carbonyl (C=O) groups is 1. The van der Waals surface area contributed by atoms with Gasteiger partial charge >= 0.3 is 0 Å². The van der Waals surface area contributed by atoms with Crippen molar-refractivity contribution >= 4 is 40.5 Å². The average molecular weight is 339 g/mol. The molecule has 0 bridgehead atoms. The molecule has 0 aliphatic carbocycles. The molecule has 0 spiro atoms. The third-order valence-corrected chi connectivity index (χ3v) is 3.57. The Kier molecular flexibility index (Phi) is 5.92. The van der Waals surface area contributed by atoms with Gasteiger partial charge in [-0.15, -0.1) is 0 Å². The Labute approximate surface area is 139 Å². The van der Waals surface area contributed by atoms with Crippen LogP contribution in [0.25, 0.3) is 0 Å². The van der Waals surface area contributed by atoms with Crippen molar-refractivity contribution in [1.29, 1.82) is 0 Å². The third-order valence-electron chi connectivity index (χ3n) is 2.83. The van der Waals surface area contributed by atoms with Gasteiger partial charge in [0.2, 0.25) is 5.91 Å². The summed E-state index contributed by atoms with van der Waals surface area (Å²) in [5, 5.41) is 6.71. The summed E-state index contributed by atoms with van der Waals surface area (Å²) in [4.78, 5) is 12.0. The minimum atomic E-state index is -0.182. The van der Waals surface area contributed by atoms with Gasteiger partial charge in [0.25, 0.3) is 0 Å². The summed E-state index contributed by atoms with van der Waals surface area (Å²) in [6, 6.07) is 12.4. The van der Waals surface area contributed by atoms with E-state index in [1.54, 1.807) is 24.3 Å². The van der Waals surface area contributed by atoms with Crippen LogP contribution in [-0.4, -0.2) is 19.1 Å². The maximum absolute atomic E-state index is 12.0. The molecule has 116 valence electrons. The van der Waals surface area contributed by atoms with Crippen LogP contribution in [0.5, 0.6) is 5.75 Å². The fourth-order valence-electron chi connectivity index (χ4n) is 1.83. The van der Waals surface area contributed by atoms with Crippen LogP contribution in [0.3, 0.4) is 0 Å². The van der Waals surface area contributed by atoms with E-state index in [2.05, 4.69) is 10.6 Å². The molecular weight excluding hydrogens is 323 g/mol. The molecule has 0 radical (unpaired) electrons. The topological polar surface area (TPSA) is 50.4 Å². The van der Waals surface area contributed by atoms with Crippen molar-refractivity contribution in [1.82, 2.24) is 0 Å². The van der Waals surface area contributed by atoms with Crippen molar-refractivity contribution in [3.63, 3.8) is 0 Å². The van der Waals surface area contributed by atoms with Crippen LogP contribution < -0.4 is 15.4 Å². The maximum Gasteiger partial charge on any atom is 0.243 e. The van der Waals surface area contributed by atoms with E-state index >= 15 is 0 Å². The van der Waals surface area contributed by atoms with Gasteiger partial charge in [-0.3, -0.25) is 4.79 Å². The van der Waals surface area contributed by atoms with Gasteiger partial charge < -0.3 is 15.4 Å². The van der Waals surface area contributed by atoms with E-state index in [0.717, 1.165) is 5.69 Å². The lowest BCUT2D eigenvalue weighted by Crippen LogP contribution is -2.22. The van der Waals surface area contributed by atoms with E-state index in [9.17, 15) is 4.79 Å². The molecule has 2 N–H and O–H groups in total. The van der Waals surface area contributed by atoms with Crippen LogP contribution in [0.15, 0.2) is 42.5 Å². The Morgan fingerprint density at radius 1 is 1.14 bits per heavy atom. The van der Waals surface area contributed by atoms with Gasteiger partial charge in [0.15, 0.2) is 0 Å². The minimum absolute atomic E-state index is 0.110. The van der Waals surface area contributed by atoms with Crippen molar-refractivity contribution in [2.24, 2.45) is 0 Å². The van der Waals surface area contributed by atoms with Gasteiger partial charge in [-0.2, -0.15) is 0 Å². The molecule has 4 nitrogen and oxygen atoms in total. The van der Waals surface area contributed by atoms with E-state index in [1.165, 1.54) is 0 Å². The van der Waals surface area contributed by atoms with Crippen molar-refractivity contribution in [3.8, 4) is 5.75 Å².